The highest BCUT2D eigenvalue weighted by atomic mass is 19.2. The fraction of sp³-hybridized carbons (Fsp3) is 0.0714. The van der Waals surface area contributed by atoms with Crippen LogP contribution in [0.15, 0.2) is 30.3 Å². The molecule has 0 unspecified atom stereocenters. The highest BCUT2D eigenvalue weighted by Crippen LogP contribution is 2.30. The van der Waals surface area contributed by atoms with Crippen molar-refractivity contribution in [1.82, 2.24) is 0 Å². The monoisotopic (exact) mass is 282 g/mol. The first-order valence-corrected chi connectivity index (χ1v) is 5.50. The van der Waals surface area contributed by atoms with E-state index in [1.807, 2.05) is 0 Å². The first-order chi connectivity index (χ1) is 9.43. The average molecular weight is 282 g/mol. The molecule has 0 spiro atoms. The second-order valence-corrected chi connectivity index (χ2v) is 3.97. The number of methoxy groups -OCH3 is 1. The Bertz CT molecular complexity index is 684. The Balaban J connectivity index is 2.65. The third kappa shape index (κ3) is 2.45. The van der Waals surface area contributed by atoms with Crippen LogP contribution in [0.25, 0.3) is 11.1 Å². The van der Waals surface area contributed by atoms with Gasteiger partial charge in [0, 0.05) is 17.2 Å². The number of carboxylic acid groups (broad SMARTS) is 1. The molecule has 2 aromatic rings. The molecule has 0 amide bonds. The van der Waals surface area contributed by atoms with Crippen molar-refractivity contribution in [3.05, 3.63) is 53.3 Å². The summed E-state index contributed by atoms with van der Waals surface area (Å²) in [6.45, 7) is 0. The van der Waals surface area contributed by atoms with Gasteiger partial charge in [0.1, 0.15) is 11.6 Å². The van der Waals surface area contributed by atoms with Crippen LogP contribution >= 0.6 is 0 Å². The molecule has 0 aliphatic carbocycles. The van der Waals surface area contributed by atoms with Gasteiger partial charge in [0.15, 0.2) is 11.6 Å². The van der Waals surface area contributed by atoms with Crippen LogP contribution < -0.4 is 4.74 Å². The molecule has 0 heterocycles. The van der Waals surface area contributed by atoms with Gasteiger partial charge in [0.25, 0.3) is 0 Å². The van der Waals surface area contributed by atoms with Crippen LogP contribution in [0.1, 0.15) is 10.4 Å². The van der Waals surface area contributed by atoms with E-state index in [0.717, 1.165) is 12.1 Å². The molecule has 0 aliphatic rings. The summed E-state index contributed by atoms with van der Waals surface area (Å²) >= 11 is 0. The van der Waals surface area contributed by atoms with Gasteiger partial charge >= 0.3 is 5.97 Å². The van der Waals surface area contributed by atoms with Crippen molar-refractivity contribution in [2.45, 2.75) is 0 Å². The van der Waals surface area contributed by atoms with Crippen molar-refractivity contribution >= 4 is 5.97 Å². The zero-order valence-electron chi connectivity index (χ0n) is 10.3. The lowest BCUT2D eigenvalue weighted by molar-refractivity contribution is 0.0696. The zero-order valence-corrected chi connectivity index (χ0v) is 10.3. The number of halogens is 3. The van der Waals surface area contributed by atoms with Gasteiger partial charge in [-0.15, -0.1) is 0 Å². The van der Waals surface area contributed by atoms with Crippen LogP contribution in [-0.4, -0.2) is 18.2 Å². The standard InChI is InChI=1S/C14H9F3O3/c1-20-8-2-3-9(11(15)6-8)10-4-7(14(18)19)5-12(16)13(10)17/h2-6H,1H3,(H,18,19). The van der Waals surface area contributed by atoms with Crippen molar-refractivity contribution < 1.29 is 27.8 Å². The molecule has 1 N–H and O–H groups in total. The number of benzene rings is 2. The Morgan fingerprint density at radius 1 is 1.05 bits per heavy atom. The summed E-state index contributed by atoms with van der Waals surface area (Å²) in [6, 6.07) is 4.98. The molecular weight excluding hydrogens is 273 g/mol. The summed E-state index contributed by atoms with van der Waals surface area (Å²) in [5.74, 6) is -4.72. The average Bonchev–Trinajstić information content (AvgIpc) is 2.41. The molecule has 0 fully saturated rings. The number of carboxylic acids is 1. The third-order valence-corrected chi connectivity index (χ3v) is 2.74. The number of hydrogen-bond acceptors (Lipinski definition) is 2. The van der Waals surface area contributed by atoms with Crippen molar-refractivity contribution in [1.29, 1.82) is 0 Å². The lowest BCUT2D eigenvalue weighted by Gasteiger charge is -2.09. The first-order valence-electron chi connectivity index (χ1n) is 5.50. The lowest BCUT2D eigenvalue weighted by Crippen LogP contribution is -2.01. The van der Waals surface area contributed by atoms with E-state index in [1.54, 1.807) is 0 Å². The van der Waals surface area contributed by atoms with Gasteiger partial charge in [-0.05, 0) is 24.3 Å². The maximum Gasteiger partial charge on any atom is 0.335 e. The SMILES string of the molecule is COc1ccc(-c2cc(C(=O)O)cc(F)c2F)c(F)c1. The van der Waals surface area contributed by atoms with E-state index < -0.39 is 34.5 Å². The van der Waals surface area contributed by atoms with Gasteiger partial charge in [-0.1, -0.05) is 0 Å². The maximum absolute atomic E-state index is 13.9. The number of ether oxygens (including phenoxy) is 1. The van der Waals surface area contributed by atoms with E-state index in [-0.39, 0.29) is 11.3 Å². The number of carbonyl (C=O) groups is 1. The van der Waals surface area contributed by atoms with Crippen LogP contribution in [0.3, 0.4) is 0 Å². The summed E-state index contributed by atoms with van der Waals surface area (Å²) in [7, 11) is 1.33. The molecule has 2 rings (SSSR count). The van der Waals surface area contributed by atoms with Gasteiger partial charge in [0.05, 0.1) is 12.7 Å². The Labute approximate surface area is 112 Å². The smallest absolute Gasteiger partial charge is 0.335 e. The summed E-state index contributed by atoms with van der Waals surface area (Å²) in [4.78, 5) is 10.8. The predicted molar refractivity (Wildman–Crippen MR) is 65.3 cm³/mol. The van der Waals surface area contributed by atoms with Crippen LogP contribution in [0.5, 0.6) is 5.75 Å². The first kappa shape index (κ1) is 13.9. The van der Waals surface area contributed by atoms with E-state index in [4.69, 9.17) is 9.84 Å². The van der Waals surface area contributed by atoms with Crippen LogP contribution in [-0.2, 0) is 0 Å². The van der Waals surface area contributed by atoms with E-state index in [0.29, 0.717) is 6.07 Å². The van der Waals surface area contributed by atoms with Crippen LogP contribution in [0.2, 0.25) is 0 Å². The fourth-order valence-electron chi connectivity index (χ4n) is 1.75. The Hall–Kier alpha value is -2.50. The van der Waals surface area contributed by atoms with E-state index in [9.17, 15) is 18.0 Å². The molecule has 0 radical (unpaired) electrons. The predicted octanol–water partition coefficient (Wildman–Crippen LogP) is 3.48. The van der Waals surface area contributed by atoms with E-state index >= 15 is 0 Å². The van der Waals surface area contributed by atoms with Crippen LogP contribution in [0.4, 0.5) is 13.2 Å². The van der Waals surface area contributed by atoms with Gasteiger partial charge in [-0.2, -0.15) is 0 Å². The minimum atomic E-state index is -1.43. The molecule has 0 bridgehead atoms. The molecule has 0 saturated heterocycles. The van der Waals surface area contributed by atoms with Gasteiger partial charge in [-0.3, -0.25) is 0 Å². The maximum atomic E-state index is 13.9. The molecular formula is C14H9F3O3. The topological polar surface area (TPSA) is 46.5 Å². The minimum Gasteiger partial charge on any atom is -0.497 e. The Morgan fingerprint density at radius 3 is 2.30 bits per heavy atom. The summed E-state index contributed by atoms with van der Waals surface area (Å²) in [5.41, 5.74) is -1.16. The molecule has 0 saturated carbocycles. The van der Waals surface area contributed by atoms with Gasteiger partial charge in [0.2, 0.25) is 0 Å². The highest BCUT2D eigenvalue weighted by Gasteiger charge is 2.18. The third-order valence-electron chi connectivity index (χ3n) is 2.74. The highest BCUT2D eigenvalue weighted by molar-refractivity contribution is 5.89. The van der Waals surface area contributed by atoms with Crippen molar-refractivity contribution in [2.75, 3.05) is 7.11 Å². The molecule has 0 atom stereocenters. The van der Waals surface area contributed by atoms with Crippen molar-refractivity contribution in [2.24, 2.45) is 0 Å². The normalized spacial score (nSPS) is 10.4. The molecule has 20 heavy (non-hydrogen) atoms. The fourth-order valence-corrected chi connectivity index (χ4v) is 1.75. The zero-order chi connectivity index (χ0) is 14.9. The summed E-state index contributed by atoms with van der Waals surface area (Å²) in [5, 5.41) is 8.82. The number of rotatable bonds is 3. The molecule has 0 aliphatic heterocycles. The molecule has 0 aromatic heterocycles. The number of hydrogen-bond donors (Lipinski definition) is 1. The Kier molecular flexibility index (Phi) is 3.65. The lowest BCUT2D eigenvalue weighted by atomic mass is 10.0. The quantitative estimate of drug-likeness (QED) is 0.937. The second kappa shape index (κ2) is 5.24. The van der Waals surface area contributed by atoms with Crippen molar-refractivity contribution in [3.63, 3.8) is 0 Å². The second-order valence-electron chi connectivity index (χ2n) is 3.97. The largest absolute Gasteiger partial charge is 0.497 e. The molecule has 2 aromatic carbocycles. The summed E-state index contributed by atoms with van der Waals surface area (Å²) < 4.78 is 45.8. The molecule has 3 nitrogen and oxygen atoms in total. The number of aromatic carboxylic acids is 1. The van der Waals surface area contributed by atoms with Crippen molar-refractivity contribution in [3.8, 4) is 16.9 Å². The minimum absolute atomic E-state index is 0.210. The molecule has 104 valence electrons. The van der Waals surface area contributed by atoms with Crippen LogP contribution in [0, 0.1) is 17.5 Å². The van der Waals surface area contributed by atoms with Gasteiger partial charge in [-0.25, -0.2) is 18.0 Å². The van der Waals surface area contributed by atoms with E-state index in [2.05, 4.69) is 0 Å². The van der Waals surface area contributed by atoms with E-state index in [1.165, 1.54) is 19.2 Å². The molecule has 6 heteroatoms. The summed E-state index contributed by atoms with van der Waals surface area (Å²) in [6.07, 6.45) is 0. The van der Waals surface area contributed by atoms with Gasteiger partial charge < -0.3 is 9.84 Å². The Morgan fingerprint density at radius 2 is 1.75 bits per heavy atom.